The molecule has 0 amide bonds. The number of nitrogens with one attached hydrogen (secondary N) is 1. The average Bonchev–Trinajstić information content (AvgIpc) is 3.21. The molecule has 1 aliphatic rings. The molecule has 1 aromatic carbocycles. The first-order chi connectivity index (χ1) is 12.7. The highest BCUT2D eigenvalue weighted by Crippen LogP contribution is 2.38. The number of anilines is 2. The normalized spacial score (nSPS) is 14.0. The predicted molar refractivity (Wildman–Crippen MR) is 98.8 cm³/mol. The number of rotatable bonds is 8. The van der Waals surface area contributed by atoms with E-state index < -0.39 is 0 Å². The second kappa shape index (κ2) is 7.41. The van der Waals surface area contributed by atoms with Crippen molar-refractivity contribution in [3.63, 3.8) is 0 Å². The lowest BCUT2D eigenvalue weighted by atomic mass is 10.1. The maximum absolute atomic E-state index is 5.72. The van der Waals surface area contributed by atoms with Gasteiger partial charge in [0, 0.05) is 29.6 Å². The van der Waals surface area contributed by atoms with Crippen LogP contribution in [0, 0.1) is 5.92 Å². The van der Waals surface area contributed by atoms with Crippen LogP contribution in [-0.2, 0) is 13.0 Å². The van der Waals surface area contributed by atoms with Gasteiger partial charge >= 0.3 is 0 Å². The Labute approximate surface area is 156 Å². The molecule has 2 aromatic heterocycles. The minimum atomic E-state index is 0.304. The summed E-state index contributed by atoms with van der Waals surface area (Å²) in [6, 6.07) is 7.70. The highest BCUT2D eigenvalue weighted by Gasteiger charge is 2.29. The molecule has 4 rings (SSSR count). The molecule has 0 aliphatic heterocycles. The van der Waals surface area contributed by atoms with E-state index in [1.807, 2.05) is 24.3 Å². The average molecular weight is 371 g/mol. The molecule has 2 heterocycles. The van der Waals surface area contributed by atoms with E-state index >= 15 is 0 Å². The van der Waals surface area contributed by atoms with Crippen molar-refractivity contribution in [3.8, 4) is 5.75 Å². The summed E-state index contributed by atoms with van der Waals surface area (Å²) in [7, 11) is 0. The number of ether oxygens (including phenoxy) is 1. The van der Waals surface area contributed by atoms with Crippen molar-refractivity contribution in [2.45, 2.75) is 45.6 Å². The second-order valence-corrected chi connectivity index (χ2v) is 7.63. The summed E-state index contributed by atoms with van der Waals surface area (Å²) in [6.07, 6.45) is 3.18. The van der Waals surface area contributed by atoms with Crippen LogP contribution in [0.1, 0.15) is 50.1 Å². The van der Waals surface area contributed by atoms with E-state index in [9.17, 15) is 0 Å². The largest absolute Gasteiger partial charge is 0.485 e. The standard InChI is InChI=1S/C18H21N5O2S/c1-11(2)9-15-21-18(26-23-15)19-13-5-7-14(8-6-13)24-10-16-20-17(25-22-16)12-3-4-12/h5-8,11-12H,3-4,9-10H2,1-2H3,(H,19,21,23). The highest BCUT2D eigenvalue weighted by atomic mass is 32.1. The van der Waals surface area contributed by atoms with Gasteiger partial charge in [-0.15, -0.1) is 0 Å². The first-order valence-electron chi connectivity index (χ1n) is 8.80. The van der Waals surface area contributed by atoms with Gasteiger partial charge in [-0.25, -0.2) is 4.98 Å². The zero-order valence-corrected chi connectivity index (χ0v) is 15.6. The van der Waals surface area contributed by atoms with E-state index in [1.54, 1.807) is 0 Å². The van der Waals surface area contributed by atoms with Crippen molar-refractivity contribution < 1.29 is 9.26 Å². The second-order valence-electron chi connectivity index (χ2n) is 6.87. The third kappa shape index (κ3) is 4.37. The fraction of sp³-hybridized carbons (Fsp3) is 0.444. The Kier molecular flexibility index (Phi) is 4.83. The van der Waals surface area contributed by atoms with Crippen LogP contribution in [0.25, 0.3) is 0 Å². The van der Waals surface area contributed by atoms with Crippen LogP contribution in [0.4, 0.5) is 10.8 Å². The van der Waals surface area contributed by atoms with Crippen molar-refractivity contribution >= 4 is 22.4 Å². The summed E-state index contributed by atoms with van der Waals surface area (Å²) in [5, 5.41) is 8.02. The van der Waals surface area contributed by atoms with Crippen LogP contribution in [0.5, 0.6) is 5.75 Å². The lowest BCUT2D eigenvalue weighted by molar-refractivity contribution is 0.285. The van der Waals surface area contributed by atoms with Gasteiger partial charge in [-0.3, -0.25) is 0 Å². The van der Waals surface area contributed by atoms with Gasteiger partial charge in [0.2, 0.25) is 16.8 Å². The molecule has 3 aromatic rings. The smallest absolute Gasteiger partial charge is 0.229 e. The summed E-state index contributed by atoms with van der Waals surface area (Å²) in [6.45, 7) is 4.63. The monoisotopic (exact) mass is 371 g/mol. The Bertz CT molecular complexity index is 855. The van der Waals surface area contributed by atoms with Crippen molar-refractivity contribution in [1.29, 1.82) is 0 Å². The molecule has 0 saturated heterocycles. The Hall–Kier alpha value is -2.48. The van der Waals surface area contributed by atoms with E-state index in [4.69, 9.17) is 9.26 Å². The molecule has 136 valence electrons. The lowest BCUT2D eigenvalue weighted by Crippen LogP contribution is -1.98. The van der Waals surface area contributed by atoms with E-state index in [0.717, 1.165) is 47.5 Å². The number of nitrogens with zero attached hydrogens (tertiary/aromatic N) is 4. The quantitative estimate of drug-likeness (QED) is 0.631. The van der Waals surface area contributed by atoms with Crippen LogP contribution in [0.3, 0.4) is 0 Å². The molecule has 0 spiro atoms. The summed E-state index contributed by atoms with van der Waals surface area (Å²) in [5.41, 5.74) is 0.945. The number of benzene rings is 1. The van der Waals surface area contributed by atoms with Crippen LogP contribution < -0.4 is 10.1 Å². The zero-order valence-electron chi connectivity index (χ0n) is 14.8. The Morgan fingerprint density at radius 2 is 2.00 bits per heavy atom. The van der Waals surface area contributed by atoms with Crippen LogP contribution in [0.15, 0.2) is 28.8 Å². The van der Waals surface area contributed by atoms with Crippen LogP contribution in [0.2, 0.25) is 0 Å². The van der Waals surface area contributed by atoms with Crippen molar-refractivity contribution in [2.24, 2.45) is 5.92 Å². The Balaban J connectivity index is 1.30. The van der Waals surface area contributed by atoms with Crippen LogP contribution >= 0.6 is 11.5 Å². The van der Waals surface area contributed by atoms with Gasteiger partial charge in [0.1, 0.15) is 11.6 Å². The van der Waals surface area contributed by atoms with Crippen molar-refractivity contribution in [3.05, 3.63) is 41.8 Å². The van der Waals surface area contributed by atoms with Crippen LogP contribution in [-0.4, -0.2) is 19.5 Å². The van der Waals surface area contributed by atoms with E-state index in [1.165, 1.54) is 11.5 Å². The van der Waals surface area contributed by atoms with E-state index in [-0.39, 0.29) is 0 Å². The molecule has 26 heavy (non-hydrogen) atoms. The first kappa shape index (κ1) is 17.0. The molecular weight excluding hydrogens is 350 g/mol. The van der Waals surface area contributed by atoms with E-state index in [0.29, 0.717) is 24.3 Å². The van der Waals surface area contributed by atoms with Gasteiger partial charge in [0.15, 0.2) is 6.61 Å². The summed E-state index contributed by atoms with van der Waals surface area (Å²) in [4.78, 5) is 8.86. The molecular formula is C18H21N5O2S. The minimum absolute atomic E-state index is 0.304. The first-order valence-corrected chi connectivity index (χ1v) is 9.58. The Morgan fingerprint density at radius 1 is 1.19 bits per heavy atom. The summed E-state index contributed by atoms with van der Waals surface area (Å²) < 4.78 is 15.3. The third-order valence-electron chi connectivity index (χ3n) is 3.94. The molecule has 7 nitrogen and oxygen atoms in total. The summed E-state index contributed by atoms with van der Waals surface area (Å²) >= 11 is 1.38. The SMILES string of the molecule is CC(C)Cc1nsc(Nc2ccc(OCc3noc(C4CC4)n3)cc2)n1. The molecule has 1 fully saturated rings. The van der Waals surface area contributed by atoms with Gasteiger partial charge in [0.05, 0.1) is 0 Å². The molecule has 1 saturated carbocycles. The topological polar surface area (TPSA) is 86.0 Å². The van der Waals surface area contributed by atoms with Crippen molar-refractivity contribution in [1.82, 2.24) is 19.5 Å². The lowest BCUT2D eigenvalue weighted by Gasteiger charge is -2.05. The van der Waals surface area contributed by atoms with Gasteiger partial charge < -0.3 is 14.6 Å². The predicted octanol–water partition coefficient (Wildman–Crippen LogP) is 4.32. The van der Waals surface area contributed by atoms with Gasteiger partial charge in [0.25, 0.3) is 0 Å². The minimum Gasteiger partial charge on any atom is -0.485 e. The maximum atomic E-state index is 5.72. The van der Waals surface area contributed by atoms with Gasteiger partial charge in [-0.05, 0) is 43.0 Å². The fourth-order valence-electron chi connectivity index (χ4n) is 2.48. The maximum Gasteiger partial charge on any atom is 0.229 e. The number of hydrogen-bond acceptors (Lipinski definition) is 8. The Morgan fingerprint density at radius 3 is 2.73 bits per heavy atom. The molecule has 1 N–H and O–H groups in total. The third-order valence-corrected chi connectivity index (χ3v) is 4.61. The number of hydrogen-bond donors (Lipinski definition) is 1. The highest BCUT2D eigenvalue weighted by molar-refractivity contribution is 7.09. The van der Waals surface area contributed by atoms with Crippen molar-refractivity contribution in [2.75, 3.05) is 5.32 Å². The molecule has 0 bridgehead atoms. The zero-order chi connectivity index (χ0) is 17.9. The summed E-state index contributed by atoms with van der Waals surface area (Å²) in [5.74, 6) is 3.97. The molecule has 0 unspecified atom stereocenters. The molecule has 8 heteroatoms. The van der Waals surface area contributed by atoms with Gasteiger partial charge in [-0.2, -0.15) is 9.36 Å². The van der Waals surface area contributed by atoms with Gasteiger partial charge in [-0.1, -0.05) is 19.0 Å². The molecule has 1 aliphatic carbocycles. The van der Waals surface area contributed by atoms with E-state index in [2.05, 4.69) is 38.7 Å². The fourth-order valence-corrected chi connectivity index (χ4v) is 3.10. The molecule has 0 atom stereocenters. The number of aromatic nitrogens is 4. The molecule has 0 radical (unpaired) electrons.